The van der Waals surface area contributed by atoms with Gasteiger partial charge < -0.3 is 20.5 Å². The maximum absolute atomic E-state index is 6.01. The van der Waals surface area contributed by atoms with Crippen LogP contribution in [0.2, 0.25) is 0 Å². The number of benzene rings is 1. The van der Waals surface area contributed by atoms with Crippen LogP contribution in [-0.2, 0) is 0 Å². The number of rotatable bonds is 4. The summed E-state index contributed by atoms with van der Waals surface area (Å²) in [5.41, 5.74) is 6.99. The summed E-state index contributed by atoms with van der Waals surface area (Å²) >= 11 is 0. The molecule has 2 rings (SSSR count). The Morgan fingerprint density at radius 2 is 2.06 bits per heavy atom. The second kappa shape index (κ2) is 5.96. The molecule has 0 bridgehead atoms. The lowest BCUT2D eigenvalue weighted by Crippen LogP contribution is -2.34. The van der Waals surface area contributed by atoms with E-state index < -0.39 is 0 Å². The van der Waals surface area contributed by atoms with Crippen LogP contribution in [0.15, 0.2) is 18.2 Å². The third-order valence-electron chi connectivity index (χ3n) is 3.48. The number of nitrogens with one attached hydrogen (secondary N) is 1. The Morgan fingerprint density at radius 1 is 1.22 bits per heavy atom. The zero-order valence-corrected chi connectivity index (χ0v) is 11.1. The summed E-state index contributed by atoms with van der Waals surface area (Å²) < 4.78 is 10.6. The Kier molecular flexibility index (Phi) is 4.31. The molecule has 1 fully saturated rings. The molecule has 1 saturated carbocycles. The van der Waals surface area contributed by atoms with Crippen LogP contribution in [0.1, 0.15) is 25.7 Å². The number of hydrogen-bond acceptors (Lipinski definition) is 4. The van der Waals surface area contributed by atoms with Gasteiger partial charge in [-0.3, -0.25) is 0 Å². The van der Waals surface area contributed by atoms with E-state index in [9.17, 15) is 0 Å². The molecule has 0 amide bonds. The van der Waals surface area contributed by atoms with Gasteiger partial charge in [0.05, 0.1) is 19.9 Å². The summed E-state index contributed by atoms with van der Waals surface area (Å²) in [4.78, 5) is 0. The predicted molar refractivity (Wildman–Crippen MR) is 73.4 cm³/mol. The van der Waals surface area contributed by atoms with Gasteiger partial charge in [0.2, 0.25) is 0 Å². The fraction of sp³-hybridized carbons (Fsp3) is 0.571. The van der Waals surface area contributed by atoms with Crippen LogP contribution in [0.3, 0.4) is 0 Å². The highest BCUT2D eigenvalue weighted by Gasteiger charge is 2.20. The highest BCUT2D eigenvalue weighted by Crippen LogP contribution is 2.31. The fourth-order valence-corrected chi connectivity index (χ4v) is 2.51. The summed E-state index contributed by atoms with van der Waals surface area (Å²) in [6.45, 7) is 0. The van der Waals surface area contributed by atoms with Crippen molar-refractivity contribution in [2.75, 3.05) is 19.5 Å². The van der Waals surface area contributed by atoms with E-state index >= 15 is 0 Å². The highest BCUT2D eigenvalue weighted by molar-refractivity contribution is 5.60. The fourth-order valence-electron chi connectivity index (χ4n) is 2.51. The van der Waals surface area contributed by atoms with Crippen molar-refractivity contribution in [3.8, 4) is 11.5 Å². The van der Waals surface area contributed by atoms with E-state index in [4.69, 9.17) is 15.2 Å². The minimum atomic E-state index is 0.313. The van der Waals surface area contributed by atoms with Gasteiger partial charge in [0.25, 0.3) is 0 Å². The van der Waals surface area contributed by atoms with E-state index in [2.05, 4.69) is 5.32 Å². The molecule has 0 aromatic heterocycles. The molecule has 0 radical (unpaired) electrons. The molecule has 1 aliphatic rings. The van der Waals surface area contributed by atoms with E-state index in [1.807, 2.05) is 18.2 Å². The molecular formula is C14H22N2O2. The van der Waals surface area contributed by atoms with E-state index in [1.54, 1.807) is 14.2 Å². The minimum Gasteiger partial charge on any atom is -0.497 e. The monoisotopic (exact) mass is 250 g/mol. The number of hydrogen-bond donors (Lipinski definition) is 2. The number of anilines is 1. The normalized spacial score (nSPS) is 23.5. The van der Waals surface area contributed by atoms with Gasteiger partial charge in [-0.15, -0.1) is 0 Å². The summed E-state index contributed by atoms with van der Waals surface area (Å²) in [6, 6.07) is 6.53. The van der Waals surface area contributed by atoms with Crippen molar-refractivity contribution < 1.29 is 9.47 Å². The molecule has 1 aromatic carbocycles. The first kappa shape index (κ1) is 13.0. The summed E-state index contributed by atoms with van der Waals surface area (Å²) in [5, 5.41) is 3.52. The molecule has 2 atom stereocenters. The summed E-state index contributed by atoms with van der Waals surface area (Å²) in [5.74, 6) is 1.67. The van der Waals surface area contributed by atoms with Crippen molar-refractivity contribution in [1.82, 2.24) is 0 Å². The summed E-state index contributed by atoms with van der Waals surface area (Å²) in [7, 11) is 3.35. The Morgan fingerprint density at radius 3 is 2.72 bits per heavy atom. The second-order valence-electron chi connectivity index (χ2n) is 4.83. The van der Waals surface area contributed by atoms with E-state index in [-0.39, 0.29) is 0 Å². The van der Waals surface area contributed by atoms with E-state index in [0.717, 1.165) is 36.4 Å². The lowest BCUT2D eigenvalue weighted by Gasteiger charge is -2.28. The molecule has 2 unspecified atom stereocenters. The first-order valence-electron chi connectivity index (χ1n) is 6.47. The van der Waals surface area contributed by atoms with Gasteiger partial charge in [-0.25, -0.2) is 0 Å². The zero-order valence-electron chi connectivity index (χ0n) is 11.1. The SMILES string of the molecule is COc1ccc(OC)c(NC2CCCC(N)C2)c1. The maximum atomic E-state index is 6.01. The van der Waals surface area contributed by atoms with Crippen LogP contribution in [-0.4, -0.2) is 26.3 Å². The zero-order chi connectivity index (χ0) is 13.0. The Labute approximate surface area is 108 Å². The van der Waals surface area contributed by atoms with Crippen molar-refractivity contribution in [1.29, 1.82) is 0 Å². The van der Waals surface area contributed by atoms with Gasteiger partial charge in [0, 0.05) is 18.2 Å². The van der Waals surface area contributed by atoms with Crippen LogP contribution in [0.5, 0.6) is 11.5 Å². The average molecular weight is 250 g/mol. The van der Waals surface area contributed by atoms with Crippen molar-refractivity contribution in [2.24, 2.45) is 5.73 Å². The molecule has 4 nitrogen and oxygen atoms in total. The van der Waals surface area contributed by atoms with E-state index in [1.165, 1.54) is 6.42 Å². The quantitative estimate of drug-likeness (QED) is 0.861. The van der Waals surface area contributed by atoms with Gasteiger partial charge >= 0.3 is 0 Å². The van der Waals surface area contributed by atoms with Crippen LogP contribution in [0.4, 0.5) is 5.69 Å². The summed E-state index contributed by atoms with van der Waals surface area (Å²) in [6.07, 6.45) is 4.49. The molecule has 0 aliphatic heterocycles. The minimum absolute atomic E-state index is 0.313. The van der Waals surface area contributed by atoms with Crippen LogP contribution < -0.4 is 20.5 Å². The van der Waals surface area contributed by atoms with Crippen molar-refractivity contribution in [3.05, 3.63) is 18.2 Å². The molecule has 3 N–H and O–H groups in total. The topological polar surface area (TPSA) is 56.5 Å². The highest BCUT2D eigenvalue weighted by atomic mass is 16.5. The van der Waals surface area contributed by atoms with Gasteiger partial charge in [-0.1, -0.05) is 0 Å². The van der Waals surface area contributed by atoms with Crippen LogP contribution in [0, 0.1) is 0 Å². The second-order valence-corrected chi connectivity index (χ2v) is 4.83. The molecule has 0 spiro atoms. The molecule has 0 heterocycles. The third kappa shape index (κ3) is 3.07. The van der Waals surface area contributed by atoms with Gasteiger partial charge in [-0.05, 0) is 37.8 Å². The lowest BCUT2D eigenvalue weighted by molar-refractivity contribution is 0.395. The first-order valence-corrected chi connectivity index (χ1v) is 6.47. The van der Waals surface area contributed by atoms with Gasteiger partial charge in [0.1, 0.15) is 11.5 Å². The molecule has 1 aromatic rings. The first-order chi connectivity index (χ1) is 8.72. The number of ether oxygens (including phenoxy) is 2. The van der Waals surface area contributed by atoms with Crippen molar-refractivity contribution in [3.63, 3.8) is 0 Å². The molecular weight excluding hydrogens is 228 g/mol. The Hall–Kier alpha value is -1.42. The van der Waals surface area contributed by atoms with Gasteiger partial charge in [-0.2, -0.15) is 0 Å². The van der Waals surface area contributed by atoms with Crippen LogP contribution >= 0.6 is 0 Å². The maximum Gasteiger partial charge on any atom is 0.142 e. The van der Waals surface area contributed by atoms with Crippen molar-refractivity contribution in [2.45, 2.75) is 37.8 Å². The van der Waals surface area contributed by atoms with E-state index in [0.29, 0.717) is 12.1 Å². The molecule has 1 aliphatic carbocycles. The van der Waals surface area contributed by atoms with Crippen molar-refractivity contribution >= 4 is 5.69 Å². The molecule has 100 valence electrons. The number of nitrogens with two attached hydrogens (primary N) is 1. The molecule has 4 heteroatoms. The number of methoxy groups -OCH3 is 2. The largest absolute Gasteiger partial charge is 0.497 e. The molecule has 0 saturated heterocycles. The standard InChI is InChI=1S/C14H22N2O2/c1-17-12-6-7-14(18-2)13(9-12)16-11-5-3-4-10(15)8-11/h6-7,9-11,16H,3-5,8,15H2,1-2H3. The third-order valence-corrected chi connectivity index (χ3v) is 3.48. The molecule has 18 heavy (non-hydrogen) atoms. The Bertz CT molecular complexity index is 395. The van der Waals surface area contributed by atoms with Crippen LogP contribution in [0.25, 0.3) is 0 Å². The Balaban J connectivity index is 2.11. The van der Waals surface area contributed by atoms with Gasteiger partial charge in [0.15, 0.2) is 0 Å². The smallest absolute Gasteiger partial charge is 0.142 e. The lowest BCUT2D eigenvalue weighted by atomic mass is 9.91. The average Bonchev–Trinajstić information content (AvgIpc) is 2.38. The predicted octanol–water partition coefficient (Wildman–Crippen LogP) is 2.39.